The number of rotatable bonds is 3. The molecule has 0 spiro atoms. The molecular weight excluding hydrogens is 226 g/mol. The normalized spacial score (nSPS) is 20.0. The van der Waals surface area contributed by atoms with E-state index >= 15 is 0 Å². The third-order valence-corrected chi connectivity index (χ3v) is 3.57. The van der Waals surface area contributed by atoms with E-state index in [2.05, 4.69) is 27.0 Å². The maximum absolute atomic E-state index is 5.83. The molecule has 1 fully saturated rings. The van der Waals surface area contributed by atoms with E-state index in [-0.39, 0.29) is 6.04 Å². The molecule has 1 aliphatic heterocycles. The molecule has 0 saturated carbocycles. The molecule has 3 nitrogen and oxygen atoms in total. The zero-order valence-corrected chi connectivity index (χ0v) is 10.1. The molecule has 0 amide bonds. The van der Waals surface area contributed by atoms with Crippen LogP contribution >= 0.6 is 23.6 Å². The average Bonchev–Trinajstić information content (AvgIpc) is 2.72. The highest BCUT2D eigenvalue weighted by Gasteiger charge is 2.24. The monoisotopic (exact) mass is 241 g/mol. The van der Waals surface area contributed by atoms with Crippen molar-refractivity contribution in [3.63, 3.8) is 0 Å². The summed E-state index contributed by atoms with van der Waals surface area (Å²) in [5.74, 6) is 0. The molecule has 5 heteroatoms. The van der Waals surface area contributed by atoms with Crippen molar-refractivity contribution >= 4 is 28.5 Å². The molecule has 2 heterocycles. The second-order valence-corrected chi connectivity index (χ2v) is 4.90. The number of hydrogen-bond donors (Lipinski definition) is 2. The van der Waals surface area contributed by atoms with Crippen LogP contribution in [0.3, 0.4) is 0 Å². The van der Waals surface area contributed by atoms with E-state index in [4.69, 9.17) is 18.0 Å². The number of nitrogens with one attached hydrogen (secondary N) is 1. The summed E-state index contributed by atoms with van der Waals surface area (Å²) in [5, 5.41) is 7.53. The topological polar surface area (TPSA) is 41.3 Å². The van der Waals surface area contributed by atoms with E-state index in [0.717, 1.165) is 26.2 Å². The highest BCUT2D eigenvalue weighted by Crippen LogP contribution is 2.23. The maximum atomic E-state index is 5.83. The third kappa shape index (κ3) is 2.55. The van der Waals surface area contributed by atoms with Crippen molar-refractivity contribution in [3.8, 4) is 0 Å². The van der Waals surface area contributed by atoms with Gasteiger partial charge in [-0.05, 0) is 22.4 Å². The van der Waals surface area contributed by atoms with E-state index in [9.17, 15) is 0 Å². The Balaban J connectivity index is 2.15. The molecule has 0 aromatic carbocycles. The van der Waals surface area contributed by atoms with Gasteiger partial charge in [0.1, 0.15) is 0 Å². The lowest BCUT2D eigenvalue weighted by Gasteiger charge is -2.33. The summed E-state index contributed by atoms with van der Waals surface area (Å²) in [4.78, 5) is 2.93. The fourth-order valence-electron chi connectivity index (χ4n) is 1.93. The summed E-state index contributed by atoms with van der Waals surface area (Å²) in [5.41, 5.74) is 7.06. The number of piperazine rings is 1. The summed E-state index contributed by atoms with van der Waals surface area (Å²) >= 11 is 6.86. The summed E-state index contributed by atoms with van der Waals surface area (Å²) < 4.78 is 0. The van der Waals surface area contributed by atoms with Gasteiger partial charge in [-0.25, -0.2) is 0 Å². The first-order chi connectivity index (χ1) is 7.29. The van der Waals surface area contributed by atoms with Crippen molar-refractivity contribution < 1.29 is 0 Å². The van der Waals surface area contributed by atoms with Gasteiger partial charge < -0.3 is 11.1 Å². The van der Waals surface area contributed by atoms with E-state index in [1.54, 1.807) is 11.3 Å². The third-order valence-electron chi connectivity index (χ3n) is 2.65. The van der Waals surface area contributed by atoms with Gasteiger partial charge >= 0.3 is 0 Å². The first kappa shape index (κ1) is 11.0. The molecule has 1 aliphatic rings. The van der Waals surface area contributed by atoms with Gasteiger partial charge in [0.2, 0.25) is 0 Å². The molecule has 0 radical (unpaired) electrons. The lowest BCUT2D eigenvalue weighted by molar-refractivity contribution is 0.215. The molecule has 3 N–H and O–H groups in total. The summed E-state index contributed by atoms with van der Waals surface area (Å²) in [6, 6.07) is 2.23. The summed E-state index contributed by atoms with van der Waals surface area (Å²) in [7, 11) is 0. The largest absolute Gasteiger partial charge is 0.392 e. The van der Waals surface area contributed by atoms with Crippen molar-refractivity contribution in [1.82, 2.24) is 10.2 Å². The van der Waals surface area contributed by atoms with E-state index < -0.39 is 0 Å². The van der Waals surface area contributed by atoms with Gasteiger partial charge in [0.05, 0.1) is 11.0 Å². The van der Waals surface area contributed by atoms with Crippen LogP contribution in [0.1, 0.15) is 11.6 Å². The van der Waals surface area contributed by atoms with Crippen molar-refractivity contribution in [2.24, 2.45) is 5.73 Å². The average molecular weight is 241 g/mol. The van der Waals surface area contributed by atoms with Crippen molar-refractivity contribution in [3.05, 3.63) is 22.4 Å². The van der Waals surface area contributed by atoms with Gasteiger partial charge in [-0.2, -0.15) is 11.3 Å². The Morgan fingerprint density at radius 3 is 2.80 bits per heavy atom. The fraction of sp³-hybridized carbons (Fsp3) is 0.500. The van der Waals surface area contributed by atoms with Crippen LogP contribution in [0.15, 0.2) is 16.8 Å². The number of thiophene rings is 1. The van der Waals surface area contributed by atoms with E-state index in [0.29, 0.717) is 4.99 Å². The minimum atomic E-state index is 0.119. The molecule has 1 unspecified atom stereocenters. The van der Waals surface area contributed by atoms with E-state index in [1.165, 1.54) is 5.56 Å². The standard InChI is InChI=1S/C10H15N3S2/c11-10(14)9(8-1-6-15-7-8)13-4-2-12-3-5-13/h1,6-7,9,12H,2-5H2,(H2,11,14). The lowest BCUT2D eigenvalue weighted by Crippen LogP contribution is -2.48. The number of nitrogens with two attached hydrogens (primary N) is 1. The predicted molar refractivity (Wildman–Crippen MR) is 68.3 cm³/mol. The van der Waals surface area contributed by atoms with Gasteiger partial charge in [-0.3, -0.25) is 4.90 Å². The Kier molecular flexibility index (Phi) is 3.69. The Hall–Kier alpha value is -0.490. The molecule has 2 rings (SSSR count). The molecule has 1 aromatic rings. The maximum Gasteiger partial charge on any atom is 0.0948 e. The molecule has 1 aromatic heterocycles. The quantitative estimate of drug-likeness (QED) is 0.774. The van der Waals surface area contributed by atoms with Gasteiger partial charge in [0.25, 0.3) is 0 Å². The Morgan fingerprint density at radius 1 is 1.53 bits per heavy atom. The Bertz CT molecular complexity index is 317. The van der Waals surface area contributed by atoms with Crippen LogP contribution < -0.4 is 11.1 Å². The molecule has 1 atom stereocenters. The van der Waals surface area contributed by atoms with Crippen LogP contribution in [-0.2, 0) is 0 Å². The number of hydrogen-bond acceptors (Lipinski definition) is 4. The molecule has 15 heavy (non-hydrogen) atoms. The summed E-state index contributed by atoms with van der Waals surface area (Å²) in [6.07, 6.45) is 0. The lowest BCUT2D eigenvalue weighted by atomic mass is 10.1. The minimum absolute atomic E-state index is 0.119. The van der Waals surface area contributed by atoms with Crippen molar-refractivity contribution in [2.75, 3.05) is 26.2 Å². The van der Waals surface area contributed by atoms with Gasteiger partial charge in [-0.15, -0.1) is 0 Å². The Morgan fingerprint density at radius 2 is 2.27 bits per heavy atom. The zero-order chi connectivity index (χ0) is 10.7. The van der Waals surface area contributed by atoms with Crippen LogP contribution in [0.4, 0.5) is 0 Å². The first-order valence-corrected chi connectivity index (χ1v) is 6.40. The van der Waals surface area contributed by atoms with Gasteiger partial charge in [-0.1, -0.05) is 12.2 Å². The SMILES string of the molecule is NC(=S)C(c1ccsc1)N1CCNCC1. The number of nitrogens with zero attached hydrogens (tertiary/aromatic N) is 1. The van der Waals surface area contributed by atoms with Crippen LogP contribution in [0.2, 0.25) is 0 Å². The second kappa shape index (κ2) is 5.03. The molecule has 0 aliphatic carbocycles. The number of thiocarbonyl (C=S) groups is 1. The van der Waals surface area contributed by atoms with Crippen molar-refractivity contribution in [1.29, 1.82) is 0 Å². The molecular formula is C10H15N3S2. The predicted octanol–water partition coefficient (Wildman–Crippen LogP) is 0.980. The van der Waals surface area contributed by atoms with Crippen LogP contribution in [-0.4, -0.2) is 36.1 Å². The highest BCUT2D eigenvalue weighted by atomic mass is 32.1. The highest BCUT2D eigenvalue weighted by molar-refractivity contribution is 7.80. The van der Waals surface area contributed by atoms with Crippen molar-refractivity contribution in [2.45, 2.75) is 6.04 Å². The molecule has 82 valence electrons. The summed E-state index contributed by atoms with van der Waals surface area (Å²) in [6.45, 7) is 4.06. The van der Waals surface area contributed by atoms with E-state index in [1.807, 2.05) is 0 Å². The molecule has 1 saturated heterocycles. The minimum Gasteiger partial charge on any atom is -0.392 e. The zero-order valence-electron chi connectivity index (χ0n) is 8.48. The Labute approximate surface area is 99.3 Å². The smallest absolute Gasteiger partial charge is 0.0948 e. The van der Waals surface area contributed by atoms with Crippen LogP contribution in [0, 0.1) is 0 Å². The van der Waals surface area contributed by atoms with Gasteiger partial charge in [0, 0.05) is 26.2 Å². The second-order valence-electron chi connectivity index (χ2n) is 3.65. The fourth-order valence-corrected chi connectivity index (χ4v) is 2.89. The van der Waals surface area contributed by atoms with Crippen LogP contribution in [0.5, 0.6) is 0 Å². The van der Waals surface area contributed by atoms with Gasteiger partial charge in [0.15, 0.2) is 0 Å². The molecule has 0 bridgehead atoms. The van der Waals surface area contributed by atoms with Crippen LogP contribution in [0.25, 0.3) is 0 Å². The first-order valence-electron chi connectivity index (χ1n) is 5.05.